The fourth-order valence-electron chi connectivity index (χ4n) is 3.29. The van der Waals surface area contributed by atoms with Gasteiger partial charge in [-0.25, -0.2) is 0 Å². The van der Waals surface area contributed by atoms with Gasteiger partial charge in [-0.05, 0) is 50.4 Å². The number of piperidine rings is 1. The van der Waals surface area contributed by atoms with Crippen molar-refractivity contribution in [3.05, 3.63) is 30.0 Å². The van der Waals surface area contributed by atoms with E-state index in [2.05, 4.69) is 4.90 Å². The molecular formula is C17H24N2O2. The van der Waals surface area contributed by atoms with Gasteiger partial charge in [0.2, 0.25) is 0 Å². The van der Waals surface area contributed by atoms with Crippen molar-refractivity contribution in [3.63, 3.8) is 0 Å². The van der Waals surface area contributed by atoms with Gasteiger partial charge in [0.15, 0.2) is 0 Å². The van der Waals surface area contributed by atoms with Gasteiger partial charge in [-0.2, -0.15) is 0 Å². The number of hydrogen-bond donors (Lipinski definition) is 1. The van der Waals surface area contributed by atoms with Crippen molar-refractivity contribution in [2.24, 2.45) is 0 Å². The molecule has 0 radical (unpaired) electrons. The van der Waals surface area contributed by atoms with Crippen LogP contribution in [0, 0.1) is 0 Å². The van der Waals surface area contributed by atoms with Crippen LogP contribution in [0.3, 0.4) is 0 Å². The number of rotatable bonds is 5. The van der Waals surface area contributed by atoms with Crippen LogP contribution in [-0.4, -0.2) is 38.3 Å². The molecule has 0 unspecified atom stereocenters. The van der Waals surface area contributed by atoms with Gasteiger partial charge in [-0.15, -0.1) is 0 Å². The minimum atomic E-state index is 0.520. The predicted molar refractivity (Wildman–Crippen MR) is 84.7 cm³/mol. The van der Waals surface area contributed by atoms with Crippen molar-refractivity contribution < 1.29 is 9.15 Å². The maximum absolute atomic E-state index is 6.34. The summed E-state index contributed by atoms with van der Waals surface area (Å²) in [5.74, 6) is 1.40. The molecule has 3 rings (SSSR count). The first-order valence-electron chi connectivity index (χ1n) is 7.76. The molecule has 4 heteroatoms. The molecule has 0 aromatic heterocycles. The molecule has 2 aliphatic heterocycles. The van der Waals surface area contributed by atoms with E-state index >= 15 is 0 Å². The van der Waals surface area contributed by atoms with Crippen LogP contribution in [0.2, 0.25) is 0 Å². The molecule has 0 aromatic carbocycles. The molecule has 0 spiro atoms. The van der Waals surface area contributed by atoms with E-state index in [1.165, 1.54) is 5.56 Å². The topological polar surface area (TPSA) is 51.6 Å². The number of anilines is 1. The van der Waals surface area contributed by atoms with Crippen LogP contribution >= 0.6 is 0 Å². The van der Waals surface area contributed by atoms with Crippen molar-refractivity contribution in [1.29, 1.82) is 0 Å². The van der Waals surface area contributed by atoms with Gasteiger partial charge >= 0.3 is 0 Å². The molecular weight excluding hydrogens is 264 g/mol. The highest BCUT2D eigenvalue weighted by molar-refractivity contribution is 5.77. The highest BCUT2D eigenvalue weighted by Crippen LogP contribution is 2.38. The number of likely N-dealkylation sites (tertiary alicyclic amines) is 1. The summed E-state index contributed by atoms with van der Waals surface area (Å²) in [6, 6.07) is 6.00. The lowest BCUT2D eigenvalue weighted by atomic mass is 9.88. The SMILES string of the molecule is COCCCN1CCC(c2coc3cccc-3c2N)CC1. The Bertz CT molecular complexity index is 544. The molecule has 1 saturated heterocycles. The summed E-state index contributed by atoms with van der Waals surface area (Å²) < 4.78 is 10.8. The molecule has 2 N–H and O–H groups in total. The van der Waals surface area contributed by atoms with Crippen LogP contribution in [0.5, 0.6) is 0 Å². The Kier molecular flexibility index (Phi) is 4.46. The number of fused-ring (bicyclic) bond motifs is 1. The van der Waals surface area contributed by atoms with Crippen molar-refractivity contribution in [1.82, 2.24) is 4.90 Å². The van der Waals surface area contributed by atoms with Crippen LogP contribution in [0.1, 0.15) is 30.7 Å². The zero-order chi connectivity index (χ0) is 14.7. The van der Waals surface area contributed by atoms with Crippen LogP contribution < -0.4 is 5.73 Å². The Morgan fingerprint density at radius 2 is 2.14 bits per heavy atom. The Balaban J connectivity index is 1.63. The minimum absolute atomic E-state index is 0.520. The van der Waals surface area contributed by atoms with E-state index < -0.39 is 0 Å². The van der Waals surface area contributed by atoms with E-state index in [1.54, 1.807) is 7.11 Å². The quantitative estimate of drug-likeness (QED) is 0.859. The highest BCUT2D eigenvalue weighted by Gasteiger charge is 2.24. The average molecular weight is 288 g/mol. The van der Waals surface area contributed by atoms with Crippen LogP contribution in [0.4, 0.5) is 5.69 Å². The molecule has 114 valence electrons. The van der Waals surface area contributed by atoms with Crippen LogP contribution in [-0.2, 0) is 4.74 Å². The van der Waals surface area contributed by atoms with Gasteiger partial charge in [-0.3, -0.25) is 0 Å². The molecule has 2 heterocycles. The second-order valence-corrected chi connectivity index (χ2v) is 5.87. The monoisotopic (exact) mass is 288 g/mol. The third kappa shape index (κ3) is 3.06. The Morgan fingerprint density at radius 3 is 2.90 bits per heavy atom. The van der Waals surface area contributed by atoms with Gasteiger partial charge in [-0.1, -0.05) is 6.07 Å². The van der Waals surface area contributed by atoms with E-state index in [0.717, 1.165) is 62.5 Å². The molecule has 0 saturated carbocycles. The number of nitrogens with two attached hydrogens (primary N) is 1. The van der Waals surface area contributed by atoms with Crippen molar-refractivity contribution in [3.8, 4) is 11.3 Å². The Hall–Kier alpha value is -1.52. The van der Waals surface area contributed by atoms with Crippen molar-refractivity contribution in [2.45, 2.75) is 25.2 Å². The fraction of sp³-hybridized carbons (Fsp3) is 0.529. The minimum Gasteiger partial charge on any atom is -0.464 e. The summed E-state index contributed by atoms with van der Waals surface area (Å²) in [4.78, 5) is 2.52. The van der Waals surface area contributed by atoms with Gasteiger partial charge in [0.05, 0.1) is 6.26 Å². The van der Waals surface area contributed by atoms with E-state index in [-0.39, 0.29) is 0 Å². The summed E-state index contributed by atoms with van der Waals surface area (Å²) >= 11 is 0. The lowest BCUT2D eigenvalue weighted by Crippen LogP contribution is -2.34. The normalized spacial score (nSPS) is 17.6. The summed E-state index contributed by atoms with van der Waals surface area (Å²) in [6.45, 7) is 4.24. The maximum Gasteiger partial charge on any atom is 0.135 e. The first-order chi connectivity index (χ1) is 10.3. The van der Waals surface area contributed by atoms with Gasteiger partial charge in [0.25, 0.3) is 0 Å². The van der Waals surface area contributed by atoms with Gasteiger partial charge < -0.3 is 19.8 Å². The second kappa shape index (κ2) is 6.50. The number of ether oxygens (including phenoxy) is 1. The second-order valence-electron chi connectivity index (χ2n) is 5.87. The third-order valence-electron chi connectivity index (χ3n) is 4.54. The van der Waals surface area contributed by atoms with E-state index in [0.29, 0.717) is 5.92 Å². The number of methoxy groups -OCH3 is 1. The van der Waals surface area contributed by atoms with Gasteiger partial charge in [0.1, 0.15) is 5.76 Å². The Morgan fingerprint density at radius 1 is 1.33 bits per heavy atom. The summed E-state index contributed by atoms with van der Waals surface area (Å²) in [6.07, 6.45) is 5.28. The molecule has 3 aliphatic rings. The predicted octanol–water partition coefficient (Wildman–Crippen LogP) is 3.18. The smallest absolute Gasteiger partial charge is 0.135 e. The number of hydrogen-bond acceptors (Lipinski definition) is 4. The number of nitrogens with zero attached hydrogens (tertiary/aromatic N) is 1. The lowest BCUT2D eigenvalue weighted by molar-refractivity contribution is 0.157. The van der Waals surface area contributed by atoms with Gasteiger partial charge in [0, 0.05) is 37.1 Å². The molecule has 0 aromatic rings. The molecule has 0 amide bonds. The zero-order valence-electron chi connectivity index (χ0n) is 12.7. The van der Waals surface area contributed by atoms with Crippen LogP contribution in [0.25, 0.3) is 11.3 Å². The first kappa shape index (κ1) is 14.4. The fourth-order valence-corrected chi connectivity index (χ4v) is 3.29. The molecule has 21 heavy (non-hydrogen) atoms. The molecule has 1 fully saturated rings. The standard InChI is InChI=1S/C17H24N2O2/c1-20-11-3-8-19-9-6-13(7-10-19)15-12-21-16-5-2-4-14(16)17(15)18/h2,4-5,12-13H,3,6-11,18H2,1H3. The molecule has 0 atom stereocenters. The average Bonchev–Trinajstić information content (AvgIpc) is 2.98. The zero-order valence-corrected chi connectivity index (χ0v) is 12.7. The lowest BCUT2D eigenvalue weighted by Gasteiger charge is -2.32. The van der Waals surface area contributed by atoms with Crippen molar-refractivity contribution >= 4 is 5.69 Å². The highest BCUT2D eigenvalue weighted by atomic mass is 16.5. The summed E-state index contributed by atoms with van der Waals surface area (Å²) in [5.41, 5.74) is 9.48. The van der Waals surface area contributed by atoms with Crippen LogP contribution in [0.15, 0.2) is 28.9 Å². The maximum atomic E-state index is 6.34. The van der Waals surface area contributed by atoms with E-state index in [1.807, 2.05) is 24.5 Å². The third-order valence-corrected chi connectivity index (χ3v) is 4.54. The largest absolute Gasteiger partial charge is 0.464 e. The number of nitrogen functional groups attached to an aromatic ring is 1. The van der Waals surface area contributed by atoms with E-state index in [9.17, 15) is 0 Å². The molecule has 1 aliphatic carbocycles. The summed E-state index contributed by atoms with van der Waals surface area (Å²) in [7, 11) is 1.76. The van der Waals surface area contributed by atoms with Crippen molar-refractivity contribution in [2.75, 3.05) is 39.1 Å². The van der Waals surface area contributed by atoms with E-state index in [4.69, 9.17) is 14.9 Å². The first-order valence-corrected chi connectivity index (χ1v) is 7.76. The summed E-state index contributed by atoms with van der Waals surface area (Å²) in [5, 5.41) is 0. The molecule has 0 bridgehead atoms. The molecule has 4 nitrogen and oxygen atoms in total. The Labute approximate surface area is 126 Å².